The van der Waals surface area contributed by atoms with Gasteiger partial charge in [-0.05, 0) is 48.9 Å². The van der Waals surface area contributed by atoms with Crippen molar-refractivity contribution >= 4 is 11.8 Å². The zero-order valence-corrected chi connectivity index (χ0v) is 17.2. The number of benzene rings is 1. The van der Waals surface area contributed by atoms with Gasteiger partial charge in [0.05, 0.1) is 31.1 Å². The summed E-state index contributed by atoms with van der Waals surface area (Å²) in [6.07, 6.45) is 2.24. The van der Waals surface area contributed by atoms with Crippen molar-refractivity contribution in [2.45, 2.75) is 31.7 Å². The molecule has 2 fully saturated rings. The van der Waals surface area contributed by atoms with Crippen molar-refractivity contribution < 1.29 is 24.1 Å². The molecule has 0 bridgehead atoms. The highest BCUT2D eigenvalue weighted by Crippen LogP contribution is 2.39. The summed E-state index contributed by atoms with van der Waals surface area (Å²) in [6.45, 7) is 2.20. The number of rotatable bonds is 6. The van der Waals surface area contributed by atoms with Crippen LogP contribution in [0.3, 0.4) is 0 Å². The summed E-state index contributed by atoms with van der Waals surface area (Å²) in [7, 11) is 3.00. The third-order valence-electron chi connectivity index (χ3n) is 5.97. The first-order valence-corrected chi connectivity index (χ1v) is 10.1. The highest BCUT2D eigenvalue weighted by molar-refractivity contribution is 5.89. The maximum Gasteiger partial charge on any atom is 0.337 e. The Morgan fingerprint density at radius 1 is 1.13 bits per heavy atom. The van der Waals surface area contributed by atoms with E-state index in [1.165, 1.54) is 7.11 Å². The Morgan fingerprint density at radius 3 is 2.57 bits per heavy atom. The molecule has 2 aromatic rings. The van der Waals surface area contributed by atoms with Crippen LogP contribution in [0.2, 0.25) is 0 Å². The van der Waals surface area contributed by atoms with E-state index in [9.17, 15) is 9.90 Å². The fraction of sp³-hybridized carbons (Fsp3) is 0.500. The van der Waals surface area contributed by atoms with Crippen LogP contribution in [0.1, 0.15) is 28.9 Å². The lowest BCUT2D eigenvalue weighted by Gasteiger charge is -2.35. The molecule has 0 radical (unpaired) electrons. The molecule has 1 N–H and O–H groups in total. The molecule has 8 heteroatoms. The van der Waals surface area contributed by atoms with Gasteiger partial charge in [0.15, 0.2) is 0 Å². The molecule has 0 spiro atoms. The van der Waals surface area contributed by atoms with E-state index in [-0.39, 0.29) is 12.1 Å². The van der Waals surface area contributed by atoms with Gasteiger partial charge in [-0.15, -0.1) is 0 Å². The van der Waals surface area contributed by atoms with Gasteiger partial charge in [-0.2, -0.15) is 0 Å². The Labute approximate surface area is 175 Å². The highest BCUT2D eigenvalue weighted by Gasteiger charge is 2.43. The van der Waals surface area contributed by atoms with Crippen LogP contribution in [-0.4, -0.2) is 60.6 Å². The minimum absolute atomic E-state index is 0.273. The predicted molar refractivity (Wildman–Crippen MR) is 109 cm³/mol. The van der Waals surface area contributed by atoms with Crippen molar-refractivity contribution in [3.63, 3.8) is 0 Å². The first-order valence-electron chi connectivity index (χ1n) is 10.1. The van der Waals surface area contributed by atoms with Crippen LogP contribution < -0.4 is 9.64 Å². The standard InChI is InChI=1S/C22H27N3O5/c1-28-12-17-9-21(24-13-23-17)25-10-15-7-19(26)20(8-16(15)11-25)30-18-5-3-14(4-6-18)22(27)29-2/h3-6,9,13,15-16,19-20,26H,7-8,10-12H2,1-2H3/t15-,16+,19-,20-/m0/s1. The molecule has 2 heterocycles. The number of nitrogens with zero attached hydrogens (tertiary/aromatic N) is 3. The lowest BCUT2D eigenvalue weighted by atomic mass is 9.78. The third kappa shape index (κ3) is 4.39. The minimum atomic E-state index is -0.527. The molecule has 4 atom stereocenters. The van der Waals surface area contributed by atoms with Gasteiger partial charge in [-0.1, -0.05) is 0 Å². The molecule has 1 aliphatic carbocycles. The number of aliphatic hydroxyl groups excluding tert-OH is 1. The molecule has 1 saturated heterocycles. The molecule has 4 rings (SSSR count). The largest absolute Gasteiger partial charge is 0.488 e. The van der Waals surface area contributed by atoms with Crippen molar-refractivity contribution in [3.8, 4) is 5.75 Å². The second-order valence-corrected chi connectivity index (χ2v) is 7.94. The van der Waals surface area contributed by atoms with E-state index < -0.39 is 6.10 Å². The average molecular weight is 413 g/mol. The van der Waals surface area contributed by atoms with Crippen molar-refractivity contribution in [3.05, 3.63) is 47.9 Å². The summed E-state index contributed by atoms with van der Waals surface area (Å²) in [5.41, 5.74) is 1.33. The molecule has 1 saturated carbocycles. The van der Waals surface area contributed by atoms with Crippen molar-refractivity contribution in [1.29, 1.82) is 0 Å². The summed E-state index contributed by atoms with van der Waals surface area (Å²) in [6, 6.07) is 8.79. The van der Waals surface area contributed by atoms with Gasteiger partial charge in [-0.25, -0.2) is 14.8 Å². The summed E-state index contributed by atoms with van der Waals surface area (Å²) in [4.78, 5) is 22.5. The number of methoxy groups -OCH3 is 2. The summed E-state index contributed by atoms with van der Waals surface area (Å²) in [5.74, 6) is 1.99. The fourth-order valence-electron chi connectivity index (χ4n) is 4.45. The number of aromatic nitrogens is 2. The maximum absolute atomic E-state index is 11.6. The van der Waals surface area contributed by atoms with Crippen LogP contribution in [0.4, 0.5) is 5.82 Å². The van der Waals surface area contributed by atoms with Crippen molar-refractivity contribution in [1.82, 2.24) is 9.97 Å². The second-order valence-electron chi connectivity index (χ2n) is 7.94. The normalized spacial score (nSPS) is 25.6. The molecule has 1 aliphatic heterocycles. The van der Waals surface area contributed by atoms with Crippen LogP contribution in [0.25, 0.3) is 0 Å². The molecule has 160 valence electrons. The molecule has 0 amide bonds. The van der Waals surface area contributed by atoms with Gasteiger partial charge in [0.2, 0.25) is 0 Å². The van der Waals surface area contributed by atoms with E-state index in [1.807, 2.05) is 6.07 Å². The monoisotopic (exact) mass is 413 g/mol. The van der Waals surface area contributed by atoms with Gasteiger partial charge >= 0.3 is 5.97 Å². The lowest BCUT2D eigenvalue weighted by molar-refractivity contribution is -0.0231. The van der Waals surface area contributed by atoms with Crippen LogP contribution in [0, 0.1) is 11.8 Å². The number of carbonyl (C=O) groups is 1. The van der Waals surface area contributed by atoms with Gasteiger partial charge < -0.3 is 24.2 Å². The molecular formula is C22H27N3O5. The Bertz CT molecular complexity index is 875. The third-order valence-corrected chi connectivity index (χ3v) is 5.97. The van der Waals surface area contributed by atoms with E-state index >= 15 is 0 Å². The quantitative estimate of drug-likeness (QED) is 0.720. The first kappa shape index (κ1) is 20.6. The number of hydrogen-bond donors (Lipinski definition) is 1. The fourth-order valence-corrected chi connectivity index (χ4v) is 4.45. The summed E-state index contributed by atoms with van der Waals surface area (Å²) >= 11 is 0. The van der Waals surface area contributed by atoms with Gasteiger partial charge in [0.25, 0.3) is 0 Å². The van der Waals surface area contributed by atoms with E-state index in [0.29, 0.717) is 36.2 Å². The Balaban J connectivity index is 1.40. The molecule has 1 aromatic carbocycles. The highest BCUT2D eigenvalue weighted by atomic mass is 16.5. The summed E-state index contributed by atoms with van der Waals surface area (Å²) in [5, 5.41) is 10.7. The van der Waals surface area contributed by atoms with E-state index in [2.05, 4.69) is 14.9 Å². The lowest BCUT2D eigenvalue weighted by Crippen LogP contribution is -2.42. The zero-order chi connectivity index (χ0) is 21.1. The number of hydrogen-bond acceptors (Lipinski definition) is 8. The molecule has 8 nitrogen and oxygen atoms in total. The Morgan fingerprint density at radius 2 is 1.87 bits per heavy atom. The van der Waals surface area contributed by atoms with E-state index in [1.54, 1.807) is 37.7 Å². The molecule has 2 aliphatic rings. The smallest absolute Gasteiger partial charge is 0.337 e. The number of fused-ring (bicyclic) bond motifs is 1. The predicted octanol–water partition coefficient (Wildman–Crippen LogP) is 2.06. The van der Waals surface area contributed by atoms with E-state index in [4.69, 9.17) is 14.2 Å². The number of carbonyl (C=O) groups excluding carboxylic acids is 1. The molecular weight excluding hydrogens is 386 g/mol. The number of aliphatic hydroxyl groups is 1. The topological polar surface area (TPSA) is 94.0 Å². The maximum atomic E-state index is 11.6. The van der Waals surface area contributed by atoms with Gasteiger partial charge in [0, 0.05) is 26.3 Å². The van der Waals surface area contributed by atoms with Crippen LogP contribution in [0.15, 0.2) is 36.7 Å². The molecule has 30 heavy (non-hydrogen) atoms. The molecule has 0 unspecified atom stereocenters. The van der Waals surface area contributed by atoms with Gasteiger partial charge in [0.1, 0.15) is 24.0 Å². The SMILES string of the molecule is COCc1cc(N2C[C@H]3C[C@H](Oc4ccc(C(=O)OC)cc4)[C@@H](O)C[C@H]3C2)ncn1. The Hall–Kier alpha value is -2.71. The number of anilines is 1. The van der Waals surface area contributed by atoms with E-state index in [0.717, 1.165) is 31.0 Å². The van der Waals surface area contributed by atoms with Crippen LogP contribution >= 0.6 is 0 Å². The van der Waals surface area contributed by atoms with Crippen LogP contribution in [0.5, 0.6) is 5.75 Å². The molecule has 1 aromatic heterocycles. The minimum Gasteiger partial charge on any atom is -0.488 e. The first-order chi connectivity index (χ1) is 14.6. The van der Waals surface area contributed by atoms with Crippen molar-refractivity contribution in [2.75, 3.05) is 32.2 Å². The van der Waals surface area contributed by atoms with Crippen molar-refractivity contribution in [2.24, 2.45) is 11.8 Å². The summed E-state index contributed by atoms with van der Waals surface area (Å²) < 4.78 is 16.0. The second kappa shape index (κ2) is 8.97. The average Bonchev–Trinajstić information content (AvgIpc) is 3.17. The number of ether oxygens (including phenoxy) is 3. The van der Waals surface area contributed by atoms with Gasteiger partial charge in [-0.3, -0.25) is 0 Å². The Kier molecular flexibility index (Phi) is 6.15. The van der Waals surface area contributed by atoms with Crippen LogP contribution in [-0.2, 0) is 16.1 Å². The number of esters is 1. The zero-order valence-electron chi connectivity index (χ0n) is 17.2.